The fourth-order valence-corrected chi connectivity index (χ4v) is 1.96. The van der Waals surface area contributed by atoms with Gasteiger partial charge in [0.05, 0.1) is 5.52 Å². The number of halogens is 1. The Morgan fingerprint density at radius 1 is 1.42 bits per heavy atom. The van der Waals surface area contributed by atoms with Crippen LogP contribution in [0.25, 0.3) is 16.7 Å². The molecule has 0 unspecified atom stereocenters. The van der Waals surface area contributed by atoms with Crippen LogP contribution in [0, 0.1) is 12.7 Å². The molecule has 0 atom stereocenters. The van der Waals surface area contributed by atoms with E-state index in [1.807, 2.05) is 0 Å². The molecule has 0 aliphatic rings. The van der Waals surface area contributed by atoms with Crippen LogP contribution in [0.3, 0.4) is 0 Å². The molecule has 7 heteroatoms. The highest BCUT2D eigenvalue weighted by atomic mass is 19.1. The van der Waals surface area contributed by atoms with Gasteiger partial charge in [0.2, 0.25) is 0 Å². The summed E-state index contributed by atoms with van der Waals surface area (Å²) < 4.78 is 14.9. The van der Waals surface area contributed by atoms with Gasteiger partial charge in [0.15, 0.2) is 11.3 Å². The van der Waals surface area contributed by atoms with Crippen LogP contribution in [0.5, 0.6) is 0 Å². The number of nitrogens with two attached hydrogens (primary N) is 1. The first kappa shape index (κ1) is 11.4. The number of benzene rings is 1. The van der Waals surface area contributed by atoms with Gasteiger partial charge in [0.25, 0.3) is 5.56 Å². The lowest BCUT2D eigenvalue weighted by atomic mass is 10.2. The first-order valence-electron chi connectivity index (χ1n) is 5.57. The summed E-state index contributed by atoms with van der Waals surface area (Å²) in [6.07, 6.45) is 0. The lowest BCUT2D eigenvalue weighted by Gasteiger charge is -2.08. The first-order chi connectivity index (χ1) is 9.08. The summed E-state index contributed by atoms with van der Waals surface area (Å²) in [7, 11) is 0. The Balaban J connectivity index is 2.39. The Bertz CT molecular complexity index is 815. The van der Waals surface area contributed by atoms with Crippen molar-refractivity contribution in [1.82, 2.24) is 20.0 Å². The lowest BCUT2D eigenvalue weighted by molar-refractivity contribution is 0.605. The van der Waals surface area contributed by atoms with E-state index in [0.29, 0.717) is 16.6 Å². The molecule has 1 aromatic carbocycles. The quantitative estimate of drug-likeness (QED) is 0.685. The van der Waals surface area contributed by atoms with Crippen LogP contribution in [0.15, 0.2) is 29.1 Å². The van der Waals surface area contributed by atoms with Gasteiger partial charge in [-0.25, -0.2) is 4.39 Å². The predicted molar refractivity (Wildman–Crippen MR) is 68.6 cm³/mol. The molecule has 3 N–H and O–H groups in total. The lowest BCUT2D eigenvalue weighted by Crippen LogP contribution is -2.22. The average Bonchev–Trinajstić information content (AvgIpc) is 2.70. The second kappa shape index (κ2) is 3.91. The standard InChI is InChI=1S/C12H10FN5O/c1-6-3-2-4-7(13)11(6)18-9(19)5-8-10(17-18)12(14)16-15-8/h2-5,15H,1H3,(H2,14,16). The second-order valence-corrected chi connectivity index (χ2v) is 4.17. The Morgan fingerprint density at radius 2 is 2.21 bits per heavy atom. The third kappa shape index (κ3) is 1.67. The molecular formula is C12H10FN5O. The summed E-state index contributed by atoms with van der Waals surface area (Å²) in [5.74, 6) is -0.353. The van der Waals surface area contributed by atoms with Gasteiger partial charge in [-0.05, 0) is 18.6 Å². The number of rotatable bonds is 1. The zero-order chi connectivity index (χ0) is 13.6. The number of anilines is 1. The van der Waals surface area contributed by atoms with Crippen molar-refractivity contribution in [3.8, 4) is 5.69 Å². The van der Waals surface area contributed by atoms with Crippen molar-refractivity contribution >= 4 is 16.9 Å². The maximum atomic E-state index is 13.9. The third-order valence-electron chi connectivity index (χ3n) is 2.87. The summed E-state index contributed by atoms with van der Waals surface area (Å²) in [6, 6.07) is 5.84. The van der Waals surface area contributed by atoms with Crippen molar-refractivity contribution in [3.63, 3.8) is 0 Å². The van der Waals surface area contributed by atoms with Crippen molar-refractivity contribution < 1.29 is 4.39 Å². The largest absolute Gasteiger partial charge is 0.380 e. The van der Waals surface area contributed by atoms with Crippen LogP contribution in [-0.4, -0.2) is 20.0 Å². The van der Waals surface area contributed by atoms with Crippen LogP contribution >= 0.6 is 0 Å². The van der Waals surface area contributed by atoms with Gasteiger partial charge in [-0.1, -0.05) is 12.1 Å². The molecule has 0 aliphatic carbocycles. The van der Waals surface area contributed by atoms with Crippen LogP contribution in [0.1, 0.15) is 5.56 Å². The topological polar surface area (TPSA) is 89.6 Å². The molecular weight excluding hydrogens is 249 g/mol. The average molecular weight is 259 g/mol. The molecule has 2 aromatic heterocycles. The molecule has 0 amide bonds. The van der Waals surface area contributed by atoms with E-state index in [4.69, 9.17) is 5.73 Å². The molecule has 0 saturated carbocycles. The van der Waals surface area contributed by atoms with Crippen molar-refractivity contribution in [2.45, 2.75) is 6.92 Å². The normalized spacial score (nSPS) is 11.1. The van der Waals surface area contributed by atoms with E-state index in [2.05, 4.69) is 15.3 Å². The summed E-state index contributed by atoms with van der Waals surface area (Å²) >= 11 is 0. The monoisotopic (exact) mass is 259 g/mol. The van der Waals surface area contributed by atoms with E-state index in [1.165, 1.54) is 12.1 Å². The Kier molecular flexibility index (Phi) is 2.34. The van der Waals surface area contributed by atoms with E-state index >= 15 is 0 Å². The highest BCUT2D eigenvalue weighted by molar-refractivity contribution is 5.83. The van der Waals surface area contributed by atoms with Gasteiger partial charge in [-0.15, -0.1) is 0 Å². The van der Waals surface area contributed by atoms with Crippen molar-refractivity contribution in [3.05, 3.63) is 46.0 Å². The van der Waals surface area contributed by atoms with Gasteiger partial charge in [-0.3, -0.25) is 9.89 Å². The van der Waals surface area contributed by atoms with Gasteiger partial charge >= 0.3 is 0 Å². The molecule has 0 aliphatic heterocycles. The van der Waals surface area contributed by atoms with Gasteiger partial charge < -0.3 is 5.73 Å². The minimum absolute atomic E-state index is 0.120. The second-order valence-electron chi connectivity index (χ2n) is 4.17. The molecule has 3 rings (SSSR count). The number of para-hydroxylation sites is 1. The zero-order valence-corrected chi connectivity index (χ0v) is 10.0. The first-order valence-corrected chi connectivity index (χ1v) is 5.57. The number of hydrogen-bond donors (Lipinski definition) is 2. The number of fused-ring (bicyclic) bond motifs is 1. The van der Waals surface area contributed by atoms with Crippen molar-refractivity contribution in [2.75, 3.05) is 5.73 Å². The fraction of sp³-hybridized carbons (Fsp3) is 0.0833. The fourth-order valence-electron chi connectivity index (χ4n) is 1.96. The van der Waals surface area contributed by atoms with Gasteiger partial charge in [0.1, 0.15) is 11.5 Å². The Labute approximate surface area is 106 Å². The molecule has 96 valence electrons. The summed E-state index contributed by atoms with van der Waals surface area (Å²) in [5, 5.41) is 10.4. The maximum Gasteiger partial charge on any atom is 0.273 e. The predicted octanol–water partition coefficient (Wildman–Crippen LogP) is 1.14. The molecule has 19 heavy (non-hydrogen) atoms. The summed E-state index contributed by atoms with van der Waals surface area (Å²) in [4.78, 5) is 12.0. The zero-order valence-electron chi connectivity index (χ0n) is 10.0. The van der Waals surface area contributed by atoms with Crippen molar-refractivity contribution in [1.29, 1.82) is 0 Å². The minimum Gasteiger partial charge on any atom is -0.380 e. The van der Waals surface area contributed by atoms with Crippen molar-refractivity contribution in [2.24, 2.45) is 0 Å². The number of aromatic amines is 1. The van der Waals surface area contributed by atoms with Crippen LogP contribution in [-0.2, 0) is 0 Å². The molecule has 3 aromatic rings. The van der Waals surface area contributed by atoms with E-state index in [0.717, 1.165) is 4.68 Å². The highest BCUT2D eigenvalue weighted by Gasteiger charge is 2.13. The molecule has 0 radical (unpaired) electrons. The van der Waals surface area contributed by atoms with E-state index in [1.54, 1.807) is 19.1 Å². The van der Waals surface area contributed by atoms with E-state index in [9.17, 15) is 9.18 Å². The molecule has 0 fully saturated rings. The number of aryl methyl sites for hydroxylation is 1. The number of nitrogens with one attached hydrogen (secondary N) is 1. The Hall–Kier alpha value is -2.70. The molecule has 0 bridgehead atoms. The molecule has 0 saturated heterocycles. The number of hydrogen-bond acceptors (Lipinski definition) is 4. The number of nitrogen functional groups attached to an aromatic ring is 1. The van der Waals surface area contributed by atoms with E-state index in [-0.39, 0.29) is 11.5 Å². The van der Waals surface area contributed by atoms with Crippen LogP contribution in [0.4, 0.5) is 10.2 Å². The summed E-state index contributed by atoms with van der Waals surface area (Å²) in [5.41, 5.74) is 6.67. The Morgan fingerprint density at radius 3 is 2.95 bits per heavy atom. The third-order valence-corrected chi connectivity index (χ3v) is 2.87. The number of nitrogens with zero attached hydrogens (tertiary/aromatic N) is 3. The molecule has 0 spiro atoms. The highest BCUT2D eigenvalue weighted by Crippen LogP contribution is 2.18. The van der Waals surface area contributed by atoms with E-state index < -0.39 is 11.4 Å². The minimum atomic E-state index is -0.518. The summed E-state index contributed by atoms with van der Waals surface area (Å²) in [6.45, 7) is 1.70. The smallest absolute Gasteiger partial charge is 0.273 e. The maximum absolute atomic E-state index is 13.9. The number of H-pyrrole nitrogens is 1. The SMILES string of the molecule is Cc1cccc(F)c1-n1nc2c(N)n[nH]c2cc1=O. The van der Waals surface area contributed by atoms with Gasteiger partial charge in [-0.2, -0.15) is 14.9 Å². The van der Waals surface area contributed by atoms with Crippen LogP contribution < -0.4 is 11.3 Å². The molecule has 2 heterocycles. The number of aromatic nitrogens is 4. The van der Waals surface area contributed by atoms with Gasteiger partial charge in [0, 0.05) is 6.07 Å². The van der Waals surface area contributed by atoms with Crippen LogP contribution in [0.2, 0.25) is 0 Å². The molecule has 6 nitrogen and oxygen atoms in total.